The van der Waals surface area contributed by atoms with Crippen molar-refractivity contribution >= 4 is 11.6 Å². The van der Waals surface area contributed by atoms with E-state index in [4.69, 9.17) is 4.74 Å². The highest BCUT2D eigenvalue weighted by molar-refractivity contribution is 6.12. The van der Waals surface area contributed by atoms with Crippen LogP contribution in [-0.4, -0.2) is 39.6 Å². The van der Waals surface area contributed by atoms with Gasteiger partial charge < -0.3 is 20.1 Å². The molecule has 1 fully saturated rings. The molecule has 26 heavy (non-hydrogen) atoms. The summed E-state index contributed by atoms with van der Waals surface area (Å²) in [6, 6.07) is 0. The minimum absolute atomic E-state index is 0.0546. The molecular formula is C20H22O6. The van der Waals surface area contributed by atoms with E-state index in [2.05, 4.69) is 0 Å². The molecule has 0 bridgehead atoms. The van der Waals surface area contributed by atoms with Gasteiger partial charge in [0.2, 0.25) is 0 Å². The standard InChI is InChI=1S/C20H22O6/c1-19(2)12-7-11(22)14-15(20(12,3)5-4-13(19)23)17(25)18-10(16(14)24)6-9(8-21)26-18/h7,9,21,24-25H,4-6,8H2,1-3H3. The molecule has 2 unspecified atom stereocenters. The second-order valence-electron chi connectivity index (χ2n) is 8.18. The Morgan fingerprint density at radius 1 is 1.19 bits per heavy atom. The average Bonchev–Trinajstić information content (AvgIpc) is 3.03. The number of ether oxygens (including phenoxy) is 1. The summed E-state index contributed by atoms with van der Waals surface area (Å²) < 4.78 is 5.61. The number of ketones is 2. The quantitative estimate of drug-likeness (QED) is 0.665. The van der Waals surface area contributed by atoms with Crippen molar-refractivity contribution in [2.75, 3.05) is 6.61 Å². The van der Waals surface area contributed by atoms with E-state index >= 15 is 0 Å². The SMILES string of the molecule is CC1(C)C(=O)CCC2(C)C1=CC(=O)c1c(O)c3c(c(O)c12)OC(CO)C3. The lowest BCUT2D eigenvalue weighted by Gasteiger charge is -2.47. The van der Waals surface area contributed by atoms with Crippen LogP contribution in [0, 0.1) is 5.41 Å². The Labute approximate surface area is 151 Å². The molecular weight excluding hydrogens is 336 g/mol. The number of carbonyl (C=O) groups is 2. The first-order valence-electron chi connectivity index (χ1n) is 8.82. The van der Waals surface area contributed by atoms with E-state index in [0.29, 0.717) is 29.5 Å². The predicted octanol–water partition coefficient (Wildman–Crippen LogP) is 2.16. The number of hydrogen-bond donors (Lipinski definition) is 3. The fourth-order valence-electron chi connectivity index (χ4n) is 4.84. The molecule has 6 nitrogen and oxygen atoms in total. The number of rotatable bonds is 1. The summed E-state index contributed by atoms with van der Waals surface area (Å²) in [7, 11) is 0. The average molecular weight is 358 g/mol. The lowest BCUT2D eigenvalue weighted by atomic mass is 9.54. The van der Waals surface area contributed by atoms with E-state index in [-0.39, 0.29) is 41.6 Å². The van der Waals surface area contributed by atoms with Gasteiger partial charge in [0.25, 0.3) is 0 Å². The first-order chi connectivity index (χ1) is 12.1. The molecule has 0 amide bonds. The maximum atomic E-state index is 12.9. The number of phenolic OH excluding ortho intramolecular Hbond substituents is 2. The van der Waals surface area contributed by atoms with E-state index < -0.39 is 22.7 Å². The molecule has 0 radical (unpaired) electrons. The second-order valence-corrected chi connectivity index (χ2v) is 8.18. The lowest BCUT2D eigenvalue weighted by molar-refractivity contribution is -0.127. The second kappa shape index (κ2) is 5.10. The number of aliphatic hydroxyl groups excluding tert-OH is 1. The lowest BCUT2D eigenvalue weighted by Crippen LogP contribution is -2.46. The molecule has 1 heterocycles. The fraction of sp³-hybridized carbons (Fsp3) is 0.500. The number of hydrogen-bond acceptors (Lipinski definition) is 6. The number of fused-ring (bicyclic) bond motifs is 4. The number of allylic oxidation sites excluding steroid dienone is 2. The van der Waals surface area contributed by atoms with Crippen molar-refractivity contribution in [2.24, 2.45) is 5.41 Å². The molecule has 3 N–H and O–H groups in total. The number of benzene rings is 1. The molecule has 0 aromatic heterocycles. The topological polar surface area (TPSA) is 104 Å². The van der Waals surface area contributed by atoms with Crippen molar-refractivity contribution in [1.29, 1.82) is 0 Å². The van der Waals surface area contributed by atoms with Crippen LogP contribution in [0.5, 0.6) is 17.2 Å². The Morgan fingerprint density at radius 3 is 2.54 bits per heavy atom. The summed E-state index contributed by atoms with van der Waals surface area (Å²) in [6.07, 6.45) is 1.88. The summed E-state index contributed by atoms with van der Waals surface area (Å²) in [4.78, 5) is 25.3. The van der Waals surface area contributed by atoms with Crippen molar-refractivity contribution in [3.8, 4) is 17.2 Å². The number of aliphatic hydroxyl groups is 1. The van der Waals surface area contributed by atoms with Crippen LogP contribution in [0.2, 0.25) is 0 Å². The first-order valence-corrected chi connectivity index (χ1v) is 8.82. The third kappa shape index (κ3) is 1.91. The highest BCUT2D eigenvalue weighted by Gasteiger charge is 2.53. The molecule has 1 aliphatic heterocycles. The van der Waals surface area contributed by atoms with Gasteiger partial charge in [-0.25, -0.2) is 0 Å². The fourth-order valence-corrected chi connectivity index (χ4v) is 4.84. The summed E-state index contributed by atoms with van der Waals surface area (Å²) in [5.74, 6) is -0.599. The van der Waals surface area contributed by atoms with Crippen LogP contribution in [0.4, 0.5) is 0 Å². The minimum Gasteiger partial charge on any atom is -0.507 e. The zero-order valence-corrected chi connectivity index (χ0v) is 15.0. The molecule has 2 aliphatic carbocycles. The largest absolute Gasteiger partial charge is 0.507 e. The van der Waals surface area contributed by atoms with Gasteiger partial charge in [0.05, 0.1) is 12.2 Å². The molecule has 6 heteroatoms. The van der Waals surface area contributed by atoms with E-state index in [9.17, 15) is 24.9 Å². The maximum absolute atomic E-state index is 12.9. The number of aromatic hydroxyl groups is 2. The highest BCUT2D eigenvalue weighted by Crippen LogP contribution is 2.60. The molecule has 1 aromatic carbocycles. The molecule has 0 spiro atoms. The Balaban J connectivity index is 2.01. The van der Waals surface area contributed by atoms with Crippen molar-refractivity contribution in [3.63, 3.8) is 0 Å². The third-order valence-electron chi connectivity index (χ3n) is 6.31. The van der Waals surface area contributed by atoms with Gasteiger partial charge >= 0.3 is 0 Å². The molecule has 0 saturated heterocycles. The van der Waals surface area contributed by atoms with Gasteiger partial charge in [-0.2, -0.15) is 0 Å². The van der Waals surface area contributed by atoms with E-state index in [1.54, 1.807) is 13.8 Å². The Morgan fingerprint density at radius 2 is 1.88 bits per heavy atom. The van der Waals surface area contributed by atoms with Crippen molar-refractivity contribution in [2.45, 2.75) is 51.6 Å². The Hall–Kier alpha value is -2.34. The highest BCUT2D eigenvalue weighted by atomic mass is 16.5. The van der Waals surface area contributed by atoms with Gasteiger partial charge in [-0.05, 0) is 31.9 Å². The van der Waals surface area contributed by atoms with Crippen LogP contribution in [-0.2, 0) is 16.6 Å². The number of phenols is 2. The smallest absolute Gasteiger partial charge is 0.190 e. The Kier molecular flexibility index (Phi) is 3.35. The van der Waals surface area contributed by atoms with E-state index in [0.717, 1.165) is 0 Å². The first kappa shape index (κ1) is 17.1. The van der Waals surface area contributed by atoms with E-state index in [1.165, 1.54) is 6.08 Å². The zero-order valence-electron chi connectivity index (χ0n) is 15.0. The molecule has 4 rings (SSSR count). The number of carbonyl (C=O) groups excluding carboxylic acids is 2. The van der Waals surface area contributed by atoms with Gasteiger partial charge in [-0.15, -0.1) is 0 Å². The van der Waals surface area contributed by atoms with Gasteiger partial charge in [0.15, 0.2) is 17.3 Å². The van der Waals surface area contributed by atoms with Crippen LogP contribution in [0.15, 0.2) is 11.6 Å². The van der Waals surface area contributed by atoms with E-state index in [1.807, 2.05) is 6.92 Å². The summed E-state index contributed by atoms with van der Waals surface area (Å²) >= 11 is 0. The summed E-state index contributed by atoms with van der Waals surface area (Å²) in [6.45, 7) is 5.22. The summed E-state index contributed by atoms with van der Waals surface area (Å²) in [5, 5.41) is 31.1. The zero-order chi connectivity index (χ0) is 19.0. The Bertz CT molecular complexity index is 894. The minimum atomic E-state index is -0.823. The molecule has 2 atom stereocenters. The molecule has 3 aliphatic rings. The van der Waals surface area contributed by atoms with Crippen LogP contribution < -0.4 is 4.74 Å². The van der Waals surface area contributed by atoms with Crippen molar-refractivity contribution in [1.82, 2.24) is 0 Å². The maximum Gasteiger partial charge on any atom is 0.190 e. The van der Waals surface area contributed by atoms with Crippen LogP contribution in [0.1, 0.15) is 55.1 Å². The molecule has 1 saturated carbocycles. The monoisotopic (exact) mass is 358 g/mol. The third-order valence-corrected chi connectivity index (χ3v) is 6.31. The van der Waals surface area contributed by atoms with Crippen molar-refractivity contribution < 1.29 is 29.6 Å². The normalized spacial score (nSPS) is 28.8. The van der Waals surface area contributed by atoms with Gasteiger partial charge in [-0.3, -0.25) is 9.59 Å². The summed E-state index contributed by atoms with van der Waals surface area (Å²) in [5.41, 5.74) is -0.158. The predicted molar refractivity (Wildman–Crippen MR) is 92.8 cm³/mol. The van der Waals surface area contributed by atoms with Gasteiger partial charge in [0, 0.05) is 34.8 Å². The number of Topliss-reactive ketones (excluding diaryl/α,β-unsaturated/α-hetero) is 1. The van der Waals surface area contributed by atoms with Crippen LogP contribution in [0.25, 0.3) is 0 Å². The molecule has 138 valence electrons. The van der Waals surface area contributed by atoms with Crippen molar-refractivity contribution in [3.05, 3.63) is 28.3 Å². The molecule has 1 aromatic rings. The van der Waals surface area contributed by atoms with Crippen LogP contribution >= 0.6 is 0 Å². The van der Waals surface area contributed by atoms with Gasteiger partial charge in [-0.1, -0.05) is 6.92 Å². The van der Waals surface area contributed by atoms with Gasteiger partial charge in [0.1, 0.15) is 17.6 Å². The van der Waals surface area contributed by atoms with Crippen LogP contribution in [0.3, 0.4) is 0 Å².